The average molecular weight is 466 g/mol. The van der Waals surface area contributed by atoms with E-state index in [1.165, 1.54) is 0 Å². The van der Waals surface area contributed by atoms with Gasteiger partial charge in [-0.15, -0.1) is 0 Å². The number of Topliss-reactive ketones (excluding diaryl/α,β-unsaturated/α-hetero) is 2. The van der Waals surface area contributed by atoms with Crippen LogP contribution in [0.15, 0.2) is 0 Å². The standard InChI is InChI=1S/2C14H21O.Fe/c2*1-11(10-14(2,3)4)9-13(15)12-7-5-6-8-12;/h2*5-8,11H,9-10H2,1-4H3;. The molecule has 0 aromatic carbocycles. The molecule has 31 heavy (non-hydrogen) atoms. The molecule has 10 unspecified atom stereocenters. The van der Waals surface area contributed by atoms with E-state index in [0.29, 0.717) is 22.7 Å². The van der Waals surface area contributed by atoms with E-state index in [1.54, 1.807) is 0 Å². The third-order valence-corrected chi connectivity index (χ3v) is 61.4. The molecule has 10 aliphatic heterocycles. The van der Waals surface area contributed by atoms with Gasteiger partial charge in [0.1, 0.15) is 0 Å². The van der Waals surface area contributed by atoms with Crippen molar-refractivity contribution in [3.63, 3.8) is 0 Å². The maximum atomic E-state index is 14.2. The molecule has 2 nitrogen and oxygen atoms in total. The van der Waals surface area contributed by atoms with Crippen LogP contribution in [-0.2, 0) is 16.1 Å². The van der Waals surface area contributed by atoms with Crippen LogP contribution in [0.5, 0.6) is 0 Å². The molecule has 0 aromatic rings. The quantitative estimate of drug-likeness (QED) is 0.338. The van der Waals surface area contributed by atoms with Crippen molar-refractivity contribution in [3.05, 3.63) is 0 Å². The minimum absolute atomic E-state index is 0.212. The van der Waals surface area contributed by atoms with Crippen molar-refractivity contribution in [2.75, 3.05) is 0 Å². The molecule has 0 radical (unpaired) electrons. The molecule has 10 rings (SSSR count). The van der Waals surface area contributed by atoms with Crippen LogP contribution >= 0.6 is 0 Å². The van der Waals surface area contributed by atoms with Crippen LogP contribution in [0.3, 0.4) is 0 Å². The first-order valence-electron chi connectivity index (χ1n) is 13.3. The molecule has 0 aliphatic carbocycles. The Bertz CT molecular complexity index is 1320. The number of hydrogen-bond donors (Lipinski definition) is 0. The van der Waals surface area contributed by atoms with Crippen molar-refractivity contribution < 1.29 is 16.1 Å². The van der Waals surface area contributed by atoms with Crippen LogP contribution in [0.25, 0.3) is 0 Å². The molecule has 174 valence electrons. The first-order valence-corrected chi connectivity index (χ1v) is 19.5. The summed E-state index contributed by atoms with van der Waals surface area (Å²) in [5.74, 6) is 2.47. The van der Waals surface area contributed by atoms with Crippen LogP contribution < -0.4 is 0 Å². The normalized spacial score (nSPS) is 76.3. The molecule has 3 heteroatoms. The fourth-order valence-electron chi connectivity index (χ4n) is 21.3. The van der Waals surface area contributed by atoms with Crippen LogP contribution in [0.2, 0.25) is 47.2 Å². The van der Waals surface area contributed by atoms with Gasteiger partial charge in [0.05, 0.1) is 0 Å². The summed E-state index contributed by atoms with van der Waals surface area (Å²) < 4.78 is 0.424. The third-order valence-electron chi connectivity index (χ3n) is 18.7. The summed E-state index contributed by atoms with van der Waals surface area (Å²) in [6.45, 7) is 14.5. The zero-order chi connectivity index (χ0) is 22.1. The van der Waals surface area contributed by atoms with Gasteiger partial charge in [0.15, 0.2) is 0 Å². The second-order valence-electron chi connectivity index (χ2n) is 18.8. The zero-order valence-corrected chi connectivity index (χ0v) is 21.9. The Morgan fingerprint density at radius 1 is 0.677 bits per heavy atom. The van der Waals surface area contributed by atoms with Crippen molar-refractivity contribution in [1.29, 1.82) is 0 Å². The molecule has 0 bridgehead atoms. The van der Waals surface area contributed by atoms with Crippen molar-refractivity contribution in [1.82, 2.24) is 0 Å². The minimum atomic E-state index is -3.97. The second-order valence-corrected chi connectivity index (χ2v) is 42.0. The summed E-state index contributed by atoms with van der Waals surface area (Å²) in [7, 11) is 0. The van der Waals surface area contributed by atoms with E-state index >= 15 is 0 Å². The molecule has 10 atom stereocenters. The molecule has 0 amide bonds. The predicted molar refractivity (Wildman–Crippen MR) is 121 cm³/mol. The molecular weight excluding hydrogens is 424 g/mol. The number of rotatable bonds is 8. The van der Waals surface area contributed by atoms with E-state index in [0.717, 1.165) is 75.8 Å². The topological polar surface area (TPSA) is 34.1 Å². The summed E-state index contributed by atoms with van der Waals surface area (Å²) in [5, 5.41) is 0. The molecule has 10 heterocycles. The summed E-state index contributed by atoms with van der Waals surface area (Å²) in [4.78, 5) is 36.0. The summed E-state index contributed by atoms with van der Waals surface area (Å²) in [6, 6.07) is 0. The Hall–Kier alpha value is -0.141. The van der Waals surface area contributed by atoms with Crippen molar-refractivity contribution >= 4 is 11.6 Å². The average Bonchev–Trinajstić information content (AvgIpc) is 3.51. The number of ketones is 2. The van der Waals surface area contributed by atoms with E-state index in [9.17, 15) is 9.59 Å². The molecular formula is C28H42FeO2. The van der Waals surface area contributed by atoms with E-state index in [2.05, 4.69) is 55.4 Å². The van der Waals surface area contributed by atoms with Gasteiger partial charge in [-0.05, 0) is 0 Å². The predicted octanol–water partition coefficient (Wildman–Crippen LogP) is 8.18. The van der Waals surface area contributed by atoms with Gasteiger partial charge in [-0.1, -0.05) is 0 Å². The van der Waals surface area contributed by atoms with E-state index in [1.807, 2.05) is 0 Å². The van der Waals surface area contributed by atoms with Crippen LogP contribution in [0, 0.1) is 22.7 Å². The number of fused-ring (bicyclic) bond motifs is 10. The van der Waals surface area contributed by atoms with Gasteiger partial charge in [0, 0.05) is 0 Å². The fraction of sp³-hybridized carbons (Fsp3) is 0.929. The van der Waals surface area contributed by atoms with Gasteiger partial charge in [0.2, 0.25) is 0 Å². The van der Waals surface area contributed by atoms with Gasteiger partial charge in [-0.25, -0.2) is 0 Å². The van der Waals surface area contributed by atoms with E-state index in [4.69, 9.17) is 0 Å². The summed E-state index contributed by atoms with van der Waals surface area (Å²) in [5.41, 5.74) is 0.602. The van der Waals surface area contributed by atoms with Gasteiger partial charge in [-0.2, -0.15) is 0 Å². The summed E-state index contributed by atoms with van der Waals surface area (Å²) in [6.07, 6.45) is 3.96. The van der Waals surface area contributed by atoms with Gasteiger partial charge in [0.25, 0.3) is 0 Å². The molecule has 0 aromatic heterocycles. The van der Waals surface area contributed by atoms with E-state index in [-0.39, 0.29) is 8.63 Å². The fourth-order valence-corrected chi connectivity index (χ4v) is 97.3. The van der Waals surface area contributed by atoms with Gasteiger partial charge in [-0.3, -0.25) is 0 Å². The monoisotopic (exact) mass is 466 g/mol. The van der Waals surface area contributed by atoms with E-state index < -0.39 is 6.51 Å². The third kappa shape index (κ3) is 0.354. The maximum absolute atomic E-state index is 14.2. The van der Waals surface area contributed by atoms with Crippen LogP contribution in [0.1, 0.15) is 81.1 Å². The summed E-state index contributed by atoms with van der Waals surface area (Å²) >= 11 is 0. The zero-order valence-electron chi connectivity index (χ0n) is 20.8. The Kier molecular flexibility index (Phi) is 1.17. The second kappa shape index (κ2) is 2.10. The first-order chi connectivity index (χ1) is 14.0. The molecule has 0 saturated carbocycles. The molecule has 10 saturated heterocycles. The Balaban J connectivity index is 1.05. The van der Waals surface area contributed by atoms with Gasteiger partial charge < -0.3 is 0 Å². The molecule has 10 aliphatic rings. The Morgan fingerprint density at radius 3 is 1.19 bits per heavy atom. The van der Waals surface area contributed by atoms with Crippen LogP contribution in [0.4, 0.5) is 0 Å². The SMILES string of the molecule is CC(CC(=O)[C]12[CH]3[CH]4[CH]5[CH]1[Fe]45321678[CH]2[CH]1[CH]6[C]7(C(=O)CC(C)CC(C)(C)C)[CH]28)CC(C)(C)C. The van der Waals surface area contributed by atoms with Crippen LogP contribution in [-0.4, -0.2) is 11.6 Å². The molecule has 1 spiro atoms. The molecule has 0 N–H and O–H groups in total. The van der Waals surface area contributed by atoms with Crippen molar-refractivity contribution in [2.45, 2.75) is 128 Å². The van der Waals surface area contributed by atoms with Gasteiger partial charge >= 0.3 is 179 Å². The first kappa shape index (κ1) is 17.3. The molecule has 10 fully saturated rings. The van der Waals surface area contributed by atoms with Crippen molar-refractivity contribution in [2.24, 2.45) is 22.7 Å². The number of carbonyl (C=O) groups excluding carboxylic acids is 2. The Morgan fingerprint density at radius 2 is 0.968 bits per heavy atom. The number of carbonyl (C=O) groups is 2. The van der Waals surface area contributed by atoms with Crippen molar-refractivity contribution in [3.8, 4) is 0 Å². The Labute approximate surface area is 178 Å². The number of hydrogen-bond acceptors (Lipinski definition) is 2.